The Balaban J connectivity index is 2.09. The summed E-state index contributed by atoms with van der Waals surface area (Å²) in [5, 5.41) is 3.47. The molecule has 1 saturated heterocycles. The minimum absolute atomic E-state index is 0.0904. The largest absolute Gasteiger partial charge is 0.316 e. The summed E-state index contributed by atoms with van der Waals surface area (Å²) >= 11 is 0. The number of nitrogens with one attached hydrogen (secondary N) is 1. The van der Waals surface area contributed by atoms with Crippen LogP contribution in [0.15, 0.2) is 24.3 Å². The highest BCUT2D eigenvalue weighted by Crippen LogP contribution is 2.26. The summed E-state index contributed by atoms with van der Waals surface area (Å²) in [5.41, 5.74) is 0.810. The smallest absolute Gasteiger partial charge is 0.127 e. The van der Waals surface area contributed by atoms with Gasteiger partial charge < -0.3 is 5.32 Å². The first-order valence-corrected chi connectivity index (χ1v) is 7.80. The van der Waals surface area contributed by atoms with Gasteiger partial charge in [-0.15, -0.1) is 0 Å². The average molecular weight is 278 g/mol. The Kier molecular flexibility index (Phi) is 5.55. The molecular formula is C17H27FN2. The number of halogens is 1. The second kappa shape index (κ2) is 7.19. The van der Waals surface area contributed by atoms with Gasteiger partial charge in [0.25, 0.3) is 0 Å². The van der Waals surface area contributed by atoms with Crippen molar-refractivity contribution in [2.75, 3.05) is 19.6 Å². The fraction of sp³-hybridized carbons (Fsp3) is 0.647. The summed E-state index contributed by atoms with van der Waals surface area (Å²) in [7, 11) is 0. The molecule has 1 heterocycles. The molecule has 2 atom stereocenters. The lowest BCUT2D eigenvalue weighted by Crippen LogP contribution is -2.42. The molecule has 0 aliphatic carbocycles. The number of rotatable bonds is 5. The fourth-order valence-electron chi connectivity index (χ4n) is 3.19. The van der Waals surface area contributed by atoms with Gasteiger partial charge in [0.15, 0.2) is 0 Å². The van der Waals surface area contributed by atoms with Crippen molar-refractivity contribution < 1.29 is 4.39 Å². The lowest BCUT2D eigenvalue weighted by Gasteiger charge is -2.37. The first-order chi connectivity index (χ1) is 9.59. The molecule has 2 unspecified atom stereocenters. The Hall–Kier alpha value is -0.930. The zero-order valence-electron chi connectivity index (χ0n) is 12.9. The van der Waals surface area contributed by atoms with Gasteiger partial charge in [-0.3, -0.25) is 4.90 Å². The molecule has 1 fully saturated rings. The maximum absolute atomic E-state index is 14.0. The van der Waals surface area contributed by atoms with E-state index < -0.39 is 0 Å². The van der Waals surface area contributed by atoms with E-state index in [1.165, 1.54) is 12.8 Å². The predicted molar refractivity (Wildman–Crippen MR) is 82.3 cm³/mol. The molecule has 0 bridgehead atoms. The van der Waals surface area contributed by atoms with Crippen LogP contribution in [0.1, 0.15) is 45.2 Å². The van der Waals surface area contributed by atoms with Crippen LogP contribution >= 0.6 is 0 Å². The van der Waals surface area contributed by atoms with Gasteiger partial charge in [-0.05, 0) is 58.7 Å². The van der Waals surface area contributed by atoms with Gasteiger partial charge in [-0.2, -0.15) is 0 Å². The van der Waals surface area contributed by atoms with Gasteiger partial charge in [0.05, 0.1) is 0 Å². The topological polar surface area (TPSA) is 15.3 Å². The van der Waals surface area contributed by atoms with Crippen molar-refractivity contribution in [1.29, 1.82) is 0 Å². The van der Waals surface area contributed by atoms with Gasteiger partial charge in [0.2, 0.25) is 0 Å². The Morgan fingerprint density at radius 1 is 1.30 bits per heavy atom. The van der Waals surface area contributed by atoms with E-state index in [1.807, 2.05) is 12.1 Å². The number of piperidine rings is 1. The third kappa shape index (κ3) is 3.80. The van der Waals surface area contributed by atoms with Gasteiger partial charge in [-0.1, -0.05) is 18.2 Å². The molecule has 20 heavy (non-hydrogen) atoms. The van der Waals surface area contributed by atoms with E-state index in [4.69, 9.17) is 0 Å². The van der Waals surface area contributed by atoms with E-state index in [0.29, 0.717) is 12.0 Å². The average Bonchev–Trinajstić information content (AvgIpc) is 2.45. The minimum Gasteiger partial charge on any atom is -0.316 e. The highest BCUT2D eigenvalue weighted by molar-refractivity contribution is 5.20. The van der Waals surface area contributed by atoms with Crippen LogP contribution in [0.2, 0.25) is 0 Å². The normalized spacial score (nSPS) is 21.4. The Bertz CT molecular complexity index is 413. The zero-order chi connectivity index (χ0) is 14.5. The van der Waals surface area contributed by atoms with Crippen LogP contribution in [0.3, 0.4) is 0 Å². The molecule has 112 valence electrons. The maximum atomic E-state index is 14.0. The van der Waals surface area contributed by atoms with E-state index in [-0.39, 0.29) is 11.9 Å². The summed E-state index contributed by atoms with van der Waals surface area (Å²) in [4.78, 5) is 2.43. The van der Waals surface area contributed by atoms with Crippen molar-refractivity contribution in [3.8, 4) is 0 Å². The molecule has 0 radical (unpaired) electrons. The van der Waals surface area contributed by atoms with E-state index >= 15 is 0 Å². The maximum Gasteiger partial charge on any atom is 0.127 e. The molecule has 1 aliphatic rings. The van der Waals surface area contributed by atoms with Gasteiger partial charge in [-0.25, -0.2) is 4.39 Å². The zero-order valence-corrected chi connectivity index (χ0v) is 12.9. The summed E-state index contributed by atoms with van der Waals surface area (Å²) in [6.07, 6.45) is 2.53. The molecule has 2 nitrogen and oxygen atoms in total. The van der Waals surface area contributed by atoms with Crippen LogP contribution in [0.4, 0.5) is 4.39 Å². The molecule has 2 rings (SSSR count). The molecule has 3 heteroatoms. The van der Waals surface area contributed by atoms with Gasteiger partial charge >= 0.3 is 0 Å². The quantitative estimate of drug-likeness (QED) is 0.885. The molecule has 0 amide bonds. The van der Waals surface area contributed by atoms with Crippen LogP contribution in [-0.4, -0.2) is 30.6 Å². The summed E-state index contributed by atoms with van der Waals surface area (Å²) < 4.78 is 14.0. The highest BCUT2D eigenvalue weighted by atomic mass is 19.1. The van der Waals surface area contributed by atoms with Crippen LogP contribution < -0.4 is 5.32 Å². The van der Waals surface area contributed by atoms with Crippen molar-refractivity contribution in [2.24, 2.45) is 5.92 Å². The number of nitrogens with zero attached hydrogens (tertiary/aromatic N) is 1. The number of hydrogen-bond donors (Lipinski definition) is 1. The monoisotopic (exact) mass is 278 g/mol. The Morgan fingerprint density at radius 2 is 2.05 bits per heavy atom. The minimum atomic E-state index is -0.0904. The van der Waals surface area contributed by atoms with Crippen molar-refractivity contribution in [3.63, 3.8) is 0 Å². The Morgan fingerprint density at radius 3 is 2.65 bits per heavy atom. The van der Waals surface area contributed by atoms with Crippen molar-refractivity contribution in [1.82, 2.24) is 10.2 Å². The van der Waals surface area contributed by atoms with Gasteiger partial charge in [0.1, 0.15) is 5.82 Å². The molecule has 1 aromatic carbocycles. The second-order valence-electron chi connectivity index (χ2n) is 6.20. The third-order valence-electron chi connectivity index (χ3n) is 4.38. The second-order valence-corrected chi connectivity index (χ2v) is 6.20. The van der Waals surface area contributed by atoms with E-state index in [2.05, 4.69) is 31.0 Å². The van der Waals surface area contributed by atoms with E-state index in [0.717, 1.165) is 25.2 Å². The summed E-state index contributed by atoms with van der Waals surface area (Å²) in [5.74, 6) is 0.591. The predicted octanol–water partition coefficient (Wildman–Crippen LogP) is 3.60. The molecular weight excluding hydrogens is 251 g/mol. The first-order valence-electron chi connectivity index (χ1n) is 7.80. The first kappa shape index (κ1) is 15.5. The molecule has 1 aliphatic heterocycles. The van der Waals surface area contributed by atoms with Crippen LogP contribution in [0.25, 0.3) is 0 Å². The summed E-state index contributed by atoms with van der Waals surface area (Å²) in [6.45, 7) is 9.80. The molecule has 1 N–H and O–H groups in total. The highest BCUT2D eigenvalue weighted by Gasteiger charge is 2.25. The van der Waals surface area contributed by atoms with Crippen molar-refractivity contribution in [2.45, 2.75) is 45.7 Å². The molecule has 0 spiro atoms. The van der Waals surface area contributed by atoms with Crippen molar-refractivity contribution >= 4 is 0 Å². The van der Waals surface area contributed by atoms with E-state index in [9.17, 15) is 4.39 Å². The van der Waals surface area contributed by atoms with Crippen molar-refractivity contribution in [3.05, 3.63) is 35.6 Å². The third-order valence-corrected chi connectivity index (χ3v) is 4.38. The Labute approximate surface area is 122 Å². The standard InChI is InChI=1S/C17H27FN2/c1-13(2)20(12-15-7-6-10-19-11-15)14(3)16-8-4-5-9-17(16)18/h4-5,8-9,13-15,19H,6-7,10-12H2,1-3H3. The van der Waals surface area contributed by atoms with Crippen LogP contribution in [0.5, 0.6) is 0 Å². The fourth-order valence-corrected chi connectivity index (χ4v) is 3.19. The van der Waals surface area contributed by atoms with Gasteiger partial charge in [0, 0.05) is 24.2 Å². The molecule has 0 saturated carbocycles. The molecule has 1 aromatic rings. The summed E-state index contributed by atoms with van der Waals surface area (Å²) in [6, 6.07) is 7.71. The lowest BCUT2D eigenvalue weighted by atomic mass is 9.96. The van der Waals surface area contributed by atoms with Crippen LogP contribution in [0, 0.1) is 11.7 Å². The van der Waals surface area contributed by atoms with E-state index in [1.54, 1.807) is 12.1 Å². The number of benzene rings is 1. The lowest BCUT2D eigenvalue weighted by molar-refractivity contribution is 0.124. The van der Waals surface area contributed by atoms with Crippen LogP contribution in [-0.2, 0) is 0 Å². The SMILES string of the molecule is CC(C)N(CC1CCCNC1)C(C)c1ccccc1F. The number of hydrogen-bond acceptors (Lipinski definition) is 2. The molecule has 0 aromatic heterocycles.